The van der Waals surface area contributed by atoms with Gasteiger partial charge >= 0.3 is 5.97 Å². The fraction of sp³-hybridized carbons (Fsp3) is 0.500. The molecule has 1 aromatic heterocycles. The minimum absolute atomic E-state index is 0.0544. The lowest BCUT2D eigenvalue weighted by Crippen LogP contribution is -2.29. The molecule has 0 radical (unpaired) electrons. The van der Waals surface area contributed by atoms with Gasteiger partial charge in [-0.1, -0.05) is 20.8 Å². The summed E-state index contributed by atoms with van der Waals surface area (Å²) < 4.78 is 2.06. The lowest BCUT2D eigenvalue weighted by atomic mass is 9.95. The predicted molar refractivity (Wildman–Crippen MR) is 79.7 cm³/mol. The Balaban J connectivity index is 2.33. The Kier molecular flexibility index (Phi) is 2.89. The molecule has 3 rings (SSSR count). The maximum Gasteiger partial charge on any atom is 0.335 e. The summed E-state index contributed by atoms with van der Waals surface area (Å²) in [7, 11) is 0. The number of aromatic carboxylic acids is 1. The summed E-state index contributed by atoms with van der Waals surface area (Å²) in [6.07, 6.45) is 1.80. The summed E-state index contributed by atoms with van der Waals surface area (Å²) in [5.41, 5.74) is 1.34. The van der Waals surface area contributed by atoms with Gasteiger partial charge in [0.15, 0.2) is 0 Å². The molecule has 0 bridgehead atoms. The SMILES string of the molecule is CC(C)(C)c1nc2ccc(C(=O)O)cc2n1C1(CO)CC1. The predicted octanol–water partition coefficient (Wildman–Crippen LogP) is 2.51. The first-order valence-electron chi connectivity index (χ1n) is 7.16. The van der Waals surface area contributed by atoms with Crippen LogP contribution in [0.2, 0.25) is 0 Å². The zero-order chi connectivity index (χ0) is 15.4. The van der Waals surface area contributed by atoms with Crippen molar-refractivity contribution in [2.24, 2.45) is 0 Å². The van der Waals surface area contributed by atoms with Crippen molar-refractivity contribution in [3.63, 3.8) is 0 Å². The second kappa shape index (κ2) is 4.31. The van der Waals surface area contributed by atoms with Crippen LogP contribution in [0.3, 0.4) is 0 Å². The van der Waals surface area contributed by atoms with Gasteiger partial charge in [-0.25, -0.2) is 9.78 Å². The third-order valence-electron chi connectivity index (χ3n) is 4.17. The number of hydrogen-bond acceptors (Lipinski definition) is 3. The van der Waals surface area contributed by atoms with Crippen LogP contribution in [0, 0.1) is 0 Å². The number of nitrogens with zero attached hydrogens (tertiary/aromatic N) is 2. The molecule has 0 amide bonds. The quantitative estimate of drug-likeness (QED) is 0.910. The van der Waals surface area contributed by atoms with Crippen LogP contribution >= 0.6 is 0 Å². The molecule has 0 aliphatic heterocycles. The van der Waals surface area contributed by atoms with Crippen LogP contribution in [0.5, 0.6) is 0 Å². The molecule has 1 aromatic carbocycles. The molecule has 112 valence electrons. The van der Waals surface area contributed by atoms with Gasteiger partial charge in [0.05, 0.1) is 28.7 Å². The van der Waals surface area contributed by atoms with Crippen LogP contribution in [-0.2, 0) is 11.0 Å². The van der Waals surface area contributed by atoms with Gasteiger partial charge < -0.3 is 14.8 Å². The molecule has 1 aliphatic carbocycles. The van der Waals surface area contributed by atoms with E-state index in [1.165, 1.54) is 0 Å². The van der Waals surface area contributed by atoms with Crippen molar-refractivity contribution in [2.45, 2.75) is 44.6 Å². The largest absolute Gasteiger partial charge is 0.478 e. The first kappa shape index (κ1) is 14.1. The van der Waals surface area contributed by atoms with E-state index in [2.05, 4.69) is 25.3 Å². The van der Waals surface area contributed by atoms with E-state index in [1.54, 1.807) is 18.2 Å². The number of aliphatic hydroxyl groups excluding tert-OH is 1. The van der Waals surface area contributed by atoms with Crippen LogP contribution in [0.15, 0.2) is 18.2 Å². The van der Waals surface area contributed by atoms with E-state index >= 15 is 0 Å². The maximum absolute atomic E-state index is 11.2. The van der Waals surface area contributed by atoms with Gasteiger partial charge in [0, 0.05) is 5.41 Å². The average molecular weight is 288 g/mol. The lowest BCUT2D eigenvalue weighted by Gasteiger charge is -2.25. The van der Waals surface area contributed by atoms with E-state index in [0.29, 0.717) is 0 Å². The normalized spacial score (nSPS) is 17.1. The summed E-state index contributed by atoms with van der Waals surface area (Å²) >= 11 is 0. The molecule has 0 unspecified atom stereocenters. The number of carbonyl (C=O) groups is 1. The van der Waals surface area contributed by atoms with Crippen LogP contribution < -0.4 is 0 Å². The molecule has 0 spiro atoms. The summed E-state index contributed by atoms with van der Waals surface area (Å²) in [6.45, 7) is 6.29. The van der Waals surface area contributed by atoms with Gasteiger partial charge in [-0.05, 0) is 31.0 Å². The van der Waals surface area contributed by atoms with Crippen molar-refractivity contribution in [2.75, 3.05) is 6.61 Å². The Labute approximate surface area is 123 Å². The third kappa shape index (κ3) is 2.12. The number of hydrogen-bond donors (Lipinski definition) is 2. The maximum atomic E-state index is 11.2. The van der Waals surface area contributed by atoms with E-state index in [4.69, 9.17) is 4.98 Å². The van der Waals surface area contributed by atoms with Crippen molar-refractivity contribution in [3.05, 3.63) is 29.6 Å². The fourth-order valence-electron chi connectivity index (χ4n) is 2.79. The lowest BCUT2D eigenvalue weighted by molar-refractivity contribution is 0.0697. The summed E-state index contributed by atoms with van der Waals surface area (Å²) in [5, 5.41) is 19.0. The molecule has 0 atom stereocenters. The van der Waals surface area contributed by atoms with E-state index in [9.17, 15) is 15.0 Å². The van der Waals surface area contributed by atoms with Crippen LogP contribution in [-0.4, -0.2) is 32.3 Å². The first-order valence-corrected chi connectivity index (χ1v) is 7.16. The molecule has 2 aromatic rings. The highest BCUT2D eigenvalue weighted by Gasteiger charge is 2.47. The van der Waals surface area contributed by atoms with Gasteiger partial charge in [0.2, 0.25) is 0 Å². The van der Waals surface area contributed by atoms with Crippen LogP contribution in [0.25, 0.3) is 11.0 Å². The zero-order valence-electron chi connectivity index (χ0n) is 12.6. The molecule has 1 heterocycles. The van der Waals surface area contributed by atoms with Crippen LogP contribution in [0.1, 0.15) is 49.8 Å². The van der Waals surface area contributed by atoms with Crippen molar-refractivity contribution >= 4 is 17.0 Å². The molecule has 21 heavy (non-hydrogen) atoms. The summed E-state index contributed by atoms with van der Waals surface area (Å²) in [6, 6.07) is 4.99. The number of aromatic nitrogens is 2. The highest BCUT2D eigenvalue weighted by molar-refractivity contribution is 5.92. The molecular weight excluding hydrogens is 268 g/mol. The Bertz CT molecular complexity index is 721. The number of carboxylic acid groups (broad SMARTS) is 1. The monoisotopic (exact) mass is 288 g/mol. The van der Waals surface area contributed by atoms with Crippen molar-refractivity contribution in [3.8, 4) is 0 Å². The molecular formula is C16H20N2O3. The average Bonchev–Trinajstić information content (AvgIpc) is 3.10. The minimum atomic E-state index is -0.948. The van der Waals surface area contributed by atoms with Gasteiger partial charge in [-0.2, -0.15) is 0 Å². The topological polar surface area (TPSA) is 75.3 Å². The van der Waals surface area contributed by atoms with E-state index in [1.807, 2.05) is 0 Å². The highest BCUT2D eigenvalue weighted by Crippen LogP contribution is 2.47. The minimum Gasteiger partial charge on any atom is -0.478 e. The van der Waals surface area contributed by atoms with Crippen molar-refractivity contribution in [1.82, 2.24) is 9.55 Å². The molecule has 0 saturated heterocycles. The Morgan fingerprint density at radius 3 is 2.52 bits per heavy atom. The van der Waals surface area contributed by atoms with E-state index in [-0.39, 0.29) is 23.1 Å². The van der Waals surface area contributed by atoms with E-state index in [0.717, 1.165) is 29.7 Å². The smallest absolute Gasteiger partial charge is 0.335 e. The highest BCUT2D eigenvalue weighted by atomic mass is 16.4. The molecule has 1 fully saturated rings. The summed E-state index contributed by atoms with van der Waals surface area (Å²) in [5.74, 6) is -0.0533. The van der Waals surface area contributed by atoms with Crippen molar-refractivity contribution < 1.29 is 15.0 Å². The standard InChI is InChI=1S/C16H20N2O3/c1-15(2,3)14-17-11-5-4-10(13(20)21)8-12(11)18(14)16(9-19)6-7-16/h4-5,8,19H,6-7,9H2,1-3H3,(H,20,21). The first-order chi connectivity index (χ1) is 9.78. The van der Waals surface area contributed by atoms with Gasteiger partial charge in [-0.15, -0.1) is 0 Å². The molecule has 5 nitrogen and oxygen atoms in total. The summed E-state index contributed by atoms with van der Waals surface area (Å²) in [4.78, 5) is 15.9. The Hall–Kier alpha value is -1.88. The third-order valence-corrected chi connectivity index (χ3v) is 4.17. The number of fused-ring (bicyclic) bond motifs is 1. The van der Waals surface area contributed by atoms with Crippen molar-refractivity contribution in [1.29, 1.82) is 0 Å². The van der Waals surface area contributed by atoms with Gasteiger partial charge in [0.1, 0.15) is 5.82 Å². The second-order valence-electron chi connectivity index (χ2n) is 6.91. The molecule has 5 heteroatoms. The second-order valence-corrected chi connectivity index (χ2v) is 6.91. The number of imidazole rings is 1. The molecule has 2 N–H and O–H groups in total. The number of carboxylic acids is 1. The number of benzene rings is 1. The number of aliphatic hydroxyl groups is 1. The Morgan fingerprint density at radius 2 is 2.05 bits per heavy atom. The zero-order valence-corrected chi connectivity index (χ0v) is 12.6. The molecule has 1 aliphatic rings. The van der Waals surface area contributed by atoms with E-state index < -0.39 is 5.97 Å². The fourth-order valence-corrected chi connectivity index (χ4v) is 2.79. The van der Waals surface area contributed by atoms with Crippen LogP contribution in [0.4, 0.5) is 0 Å². The number of rotatable bonds is 3. The van der Waals surface area contributed by atoms with Gasteiger partial charge in [0.25, 0.3) is 0 Å². The van der Waals surface area contributed by atoms with Gasteiger partial charge in [-0.3, -0.25) is 0 Å². The Morgan fingerprint density at radius 1 is 1.38 bits per heavy atom. The molecule has 1 saturated carbocycles.